The Hall–Kier alpha value is 1.69. The van der Waals surface area contributed by atoms with Crippen molar-refractivity contribution in [3.63, 3.8) is 0 Å². The summed E-state index contributed by atoms with van der Waals surface area (Å²) >= 11 is 0. The van der Waals surface area contributed by atoms with Crippen LogP contribution in [0.2, 0.25) is 0 Å². The van der Waals surface area contributed by atoms with Crippen molar-refractivity contribution in [3.05, 3.63) is 23.2 Å². The zero-order valence-electron chi connectivity index (χ0n) is 15.5. The molecule has 0 atom stereocenters. The molecule has 0 N–H and O–H groups in total. The Balaban J connectivity index is 0. The van der Waals surface area contributed by atoms with Gasteiger partial charge >= 0.3 is 103 Å². The van der Waals surface area contributed by atoms with E-state index in [-0.39, 0.29) is 115 Å². The number of carbonyl (C=O) groups excluding carboxylic acids is 2. The first-order valence-electron chi connectivity index (χ1n) is 8.45. The van der Waals surface area contributed by atoms with Crippen LogP contribution >= 0.6 is 0 Å². The molecular formula is C18H26K2O4. The largest absolute Gasteiger partial charge is 1.00 e. The van der Waals surface area contributed by atoms with Gasteiger partial charge in [0.1, 0.15) is 0 Å². The topological polar surface area (TPSA) is 80.3 Å². The molecule has 0 aromatic rings. The molecule has 0 saturated carbocycles. The molecule has 0 radical (unpaired) electrons. The second kappa shape index (κ2) is 16.8. The number of hydrogen-bond acceptors (Lipinski definition) is 4. The predicted octanol–water partition coefficient (Wildman–Crippen LogP) is -3.68. The van der Waals surface area contributed by atoms with Crippen molar-refractivity contribution in [2.24, 2.45) is 0 Å². The molecule has 0 heterocycles. The molecule has 0 unspecified atom stereocenters. The summed E-state index contributed by atoms with van der Waals surface area (Å²) in [7, 11) is 0. The normalized spacial score (nSPS) is 14.1. The second-order valence-corrected chi connectivity index (χ2v) is 5.94. The standard InChI is InChI=1S/C18H28O4.2K/c1-2-3-4-5-6-7-8-9-10-11-12-14-17(21)15(19)13-16(20)18(14)22;;/h13,19,22H,2-12H2,1H3;;/q;2*+1/p-2. The molecular weight excluding hydrogens is 358 g/mol. The van der Waals surface area contributed by atoms with E-state index in [1.54, 1.807) is 0 Å². The third-order valence-corrected chi connectivity index (χ3v) is 4.04. The molecule has 24 heavy (non-hydrogen) atoms. The van der Waals surface area contributed by atoms with Gasteiger partial charge in [-0.2, -0.15) is 0 Å². The van der Waals surface area contributed by atoms with Crippen molar-refractivity contribution < 1.29 is 123 Å². The zero-order chi connectivity index (χ0) is 16.4. The summed E-state index contributed by atoms with van der Waals surface area (Å²) in [6.45, 7) is 2.21. The quantitative estimate of drug-likeness (QED) is 0.209. The van der Waals surface area contributed by atoms with Crippen LogP contribution in [0.3, 0.4) is 0 Å². The minimum Gasteiger partial charge on any atom is -0.870 e. The minimum absolute atomic E-state index is 0. The van der Waals surface area contributed by atoms with E-state index >= 15 is 0 Å². The van der Waals surface area contributed by atoms with Gasteiger partial charge in [-0.15, -0.1) is 0 Å². The van der Waals surface area contributed by atoms with Gasteiger partial charge in [0.05, 0.1) is 0 Å². The van der Waals surface area contributed by atoms with Gasteiger partial charge in [-0.3, -0.25) is 9.59 Å². The van der Waals surface area contributed by atoms with Crippen molar-refractivity contribution in [2.45, 2.75) is 77.6 Å². The maximum absolute atomic E-state index is 11.6. The fourth-order valence-electron chi connectivity index (χ4n) is 2.67. The van der Waals surface area contributed by atoms with Crippen LogP contribution in [0.4, 0.5) is 0 Å². The number of unbranched alkanes of at least 4 members (excludes halogenated alkanes) is 9. The summed E-state index contributed by atoms with van der Waals surface area (Å²) < 4.78 is 0. The number of carbonyl (C=O) groups is 2. The molecule has 4 nitrogen and oxygen atoms in total. The average Bonchev–Trinajstić information content (AvgIpc) is 2.50. The summed E-state index contributed by atoms with van der Waals surface area (Å²) in [6, 6.07) is 0. The molecule has 0 aromatic carbocycles. The Kier molecular flexibility index (Phi) is 19.6. The van der Waals surface area contributed by atoms with Gasteiger partial charge in [-0.1, -0.05) is 76.2 Å². The van der Waals surface area contributed by atoms with E-state index in [0.717, 1.165) is 19.3 Å². The number of rotatable bonds is 11. The maximum Gasteiger partial charge on any atom is 1.00 e. The summed E-state index contributed by atoms with van der Waals surface area (Å²) in [5.74, 6) is -3.29. The second-order valence-electron chi connectivity index (χ2n) is 5.94. The monoisotopic (exact) mass is 384 g/mol. The molecule has 0 amide bonds. The third-order valence-electron chi connectivity index (χ3n) is 4.04. The van der Waals surface area contributed by atoms with Gasteiger partial charge in [-0.05, 0) is 24.5 Å². The van der Waals surface area contributed by atoms with E-state index in [1.807, 2.05) is 0 Å². The van der Waals surface area contributed by atoms with Crippen LogP contribution in [-0.4, -0.2) is 11.6 Å². The zero-order valence-corrected chi connectivity index (χ0v) is 21.7. The summed E-state index contributed by atoms with van der Waals surface area (Å²) in [6.07, 6.45) is 12.4. The Morgan fingerprint density at radius 1 is 0.792 bits per heavy atom. The van der Waals surface area contributed by atoms with Gasteiger partial charge in [0.25, 0.3) is 0 Å². The van der Waals surface area contributed by atoms with Crippen molar-refractivity contribution in [1.29, 1.82) is 0 Å². The van der Waals surface area contributed by atoms with Gasteiger partial charge in [0.15, 0.2) is 11.6 Å². The fraction of sp³-hybridized carbons (Fsp3) is 0.667. The smallest absolute Gasteiger partial charge is 0.870 e. The van der Waals surface area contributed by atoms with Gasteiger partial charge in [-0.25, -0.2) is 0 Å². The third kappa shape index (κ3) is 10.7. The van der Waals surface area contributed by atoms with E-state index in [2.05, 4.69) is 6.92 Å². The van der Waals surface area contributed by atoms with Crippen molar-refractivity contribution in [3.8, 4) is 0 Å². The molecule has 6 heteroatoms. The summed E-state index contributed by atoms with van der Waals surface area (Å²) in [5.41, 5.74) is -0.114. The predicted molar refractivity (Wildman–Crippen MR) is 81.6 cm³/mol. The number of hydrogen-bond donors (Lipinski definition) is 0. The average molecular weight is 385 g/mol. The van der Waals surface area contributed by atoms with Gasteiger partial charge in [0.2, 0.25) is 0 Å². The molecule has 1 aliphatic carbocycles. The SMILES string of the molecule is CCCCCCCCCCCCC1=C([O-])C(=O)C=C([O-])C1=O.[K+].[K+]. The molecule has 0 bridgehead atoms. The minimum atomic E-state index is -0.855. The number of ketones is 2. The van der Waals surface area contributed by atoms with Crippen LogP contribution in [0.15, 0.2) is 23.2 Å². The summed E-state index contributed by atoms with van der Waals surface area (Å²) in [5, 5.41) is 22.8. The molecule has 1 rings (SSSR count). The summed E-state index contributed by atoms with van der Waals surface area (Å²) in [4.78, 5) is 22.8. The molecule has 124 valence electrons. The van der Waals surface area contributed by atoms with E-state index < -0.39 is 23.1 Å². The maximum atomic E-state index is 11.6. The first-order valence-corrected chi connectivity index (χ1v) is 8.45. The Morgan fingerprint density at radius 2 is 1.25 bits per heavy atom. The number of Topliss-reactive ketones (excluding diaryl/α,β-unsaturated/α-hetero) is 1. The van der Waals surface area contributed by atoms with E-state index in [4.69, 9.17) is 0 Å². The van der Waals surface area contributed by atoms with Crippen molar-refractivity contribution in [1.82, 2.24) is 0 Å². The first kappa shape index (κ1) is 27.9. The Morgan fingerprint density at radius 3 is 1.75 bits per heavy atom. The van der Waals surface area contributed by atoms with Gasteiger partial charge < -0.3 is 10.2 Å². The molecule has 0 spiro atoms. The Bertz CT molecular complexity index is 456. The van der Waals surface area contributed by atoms with Crippen LogP contribution in [0.5, 0.6) is 0 Å². The van der Waals surface area contributed by atoms with Crippen LogP contribution in [0.1, 0.15) is 77.6 Å². The fourth-order valence-corrected chi connectivity index (χ4v) is 2.67. The molecule has 0 aromatic heterocycles. The van der Waals surface area contributed by atoms with E-state index in [1.165, 1.54) is 38.5 Å². The van der Waals surface area contributed by atoms with Crippen LogP contribution < -0.4 is 113 Å². The van der Waals surface area contributed by atoms with Crippen LogP contribution in [0, 0.1) is 0 Å². The van der Waals surface area contributed by atoms with E-state index in [9.17, 15) is 19.8 Å². The van der Waals surface area contributed by atoms with Crippen molar-refractivity contribution in [2.75, 3.05) is 0 Å². The Labute approximate surface area is 230 Å². The molecule has 0 aliphatic heterocycles. The molecule has 1 aliphatic rings. The molecule has 0 saturated heterocycles. The first-order chi connectivity index (χ1) is 10.6. The van der Waals surface area contributed by atoms with Crippen molar-refractivity contribution >= 4 is 11.6 Å². The number of allylic oxidation sites excluding steroid dienone is 2. The van der Waals surface area contributed by atoms with E-state index in [0.29, 0.717) is 12.5 Å². The van der Waals surface area contributed by atoms with Crippen LogP contribution in [0.25, 0.3) is 0 Å². The van der Waals surface area contributed by atoms with Crippen LogP contribution in [-0.2, 0) is 9.59 Å². The molecule has 0 fully saturated rings. The van der Waals surface area contributed by atoms with Gasteiger partial charge in [0, 0.05) is 0 Å².